The molecule has 0 aliphatic rings. The van der Waals surface area contributed by atoms with Crippen LogP contribution in [0.3, 0.4) is 0 Å². The van der Waals surface area contributed by atoms with Crippen molar-refractivity contribution in [1.82, 2.24) is 9.13 Å². The number of rotatable bonds is 4. The van der Waals surface area contributed by atoms with Crippen molar-refractivity contribution in [2.75, 3.05) is 0 Å². The van der Waals surface area contributed by atoms with E-state index < -0.39 is 0 Å². The third kappa shape index (κ3) is 3.98. The lowest BCUT2D eigenvalue weighted by atomic mass is 10.0. The van der Waals surface area contributed by atoms with E-state index >= 15 is 0 Å². The fraction of sp³-hybridized carbons (Fsp3) is 0. The summed E-state index contributed by atoms with van der Waals surface area (Å²) in [6.45, 7) is 7.67. The second-order valence-electron chi connectivity index (χ2n) is 11.7. The summed E-state index contributed by atoms with van der Waals surface area (Å²) in [5.74, 6) is 0. The lowest BCUT2D eigenvalue weighted by Gasteiger charge is -2.15. The Labute approximate surface area is 266 Å². The Morgan fingerprint density at radius 2 is 0.913 bits per heavy atom. The van der Waals surface area contributed by atoms with Crippen molar-refractivity contribution in [2.24, 2.45) is 0 Å². The lowest BCUT2D eigenvalue weighted by Crippen LogP contribution is -1.97. The summed E-state index contributed by atoms with van der Waals surface area (Å²) in [5.41, 5.74) is 12.0. The van der Waals surface area contributed by atoms with Crippen LogP contribution < -0.4 is 0 Å². The van der Waals surface area contributed by atoms with E-state index in [2.05, 4.69) is 160 Å². The Morgan fingerprint density at radius 1 is 0.391 bits per heavy atom. The summed E-state index contributed by atoms with van der Waals surface area (Å²) in [5, 5.41) is 4.90. The summed E-state index contributed by atoms with van der Waals surface area (Å²) in [7, 11) is 0. The molecule has 0 amide bonds. The molecule has 0 saturated heterocycles. The highest BCUT2D eigenvalue weighted by Crippen LogP contribution is 2.40. The molecule has 9 rings (SSSR count). The van der Waals surface area contributed by atoms with Gasteiger partial charge in [-0.1, -0.05) is 103 Å². The molecule has 0 spiro atoms. The van der Waals surface area contributed by atoms with E-state index in [1.165, 1.54) is 43.7 Å². The van der Waals surface area contributed by atoms with E-state index in [0.29, 0.717) is 5.69 Å². The number of para-hydroxylation sites is 3. The van der Waals surface area contributed by atoms with Gasteiger partial charge in [0.2, 0.25) is 0 Å². The van der Waals surface area contributed by atoms with Crippen LogP contribution in [0, 0.1) is 6.57 Å². The SMILES string of the molecule is [C-]#[N+]c1ccc(-n2c3ccccc3c3cc(-c4ccc5c(c4)c4ccccc4n5-c4ccccc4)ccc32)c(-c2ccccc2)c1. The van der Waals surface area contributed by atoms with Gasteiger partial charge in [0.05, 0.1) is 34.3 Å². The summed E-state index contributed by atoms with van der Waals surface area (Å²) in [6.07, 6.45) is 0. The van der Waals surface area contributed by atoms with Gasteiger partial charge in [0, 0.05) is 27.2 Å². The highest BCUT2D eigenvalue weighted by molar-refractivity contribution is 6.13. The van der Waals surface area contributed by atoms with Gasteiger partial charge < -0.3 is 9.13 Å². The Kier molecular flexibility index (Phi) is 5.88. The molecule has 0 unspecified atom stereocenters. The monoisotopic (exact) mass is 585 g/mol. The molecular formula is C43H27N3. The molecule has 3 nitrogen and oxygen atoms in total. The Bertz CT molecular complexity index is 2630. The second-order valence-corrected chi connectivity index (χ2v) is 11.7. The summed E-state index contributed by atoms with van der Waals surface area (Å²) >= 11 is 0. The second kappa shape index (κ2) is 10.4. The predicted molar refractivity (Wildman–Crippen MR) is 192 cm³/mol. The Balaban J connectivity index is 1.26. The average molecular weight is 586 g/mol. The summed E-state index contributed by atoms with van der Waals surface area (Å²) in [6, 6.07) is 57.9. The molecule has 2 aromatic heterocycles. The van der Waals surface area contributed by atoms with Crippen molar-refractivity contribution < 1.29 is 0 Å². The van der Waals surface area contributed by atoms with Gasteiger partial charge in [-0.3, -0.25) is 0 Å². The van der Waals surface area contributed by atoms with Crippen LogP contribution in [-0.4, -0.2) is 9.13 Å². The molecule has 214 valence electrons. The zero-order valence-electron chi connectivity index (χ0n) is 24.9. The predicted octanol–water partition coefficient (Wildman–Crippen LogP) is 11.8. The van der Waals surface area contributed by atoms with Crippen LogP contribution in [-0.2, 0) is 0 Å². The molecule has 0 saturated carbocycles. The standard InChI is InChI=1S/C43H27N3/c1-44-32-22-25-41(36(28-32)29-12-4-2-5-13-29)46-40-19-11-9-17-35(40)38-27-31(21-24-43(38)46)30-20-23-42-37(26-30)34-16-8-10-18-39(34)45(42)33-14-6-3-7-15-33/h2-28H. The molecule has 0 aliphatic carbocycles. The summed E-state index contributed by atoms with van der Waals surface area (Å²) in [4.78, 5) is 3.75. The van der Waals surface area contributed by atoms with Crippen molar-refractivity contribution in [1.29, 1.82) is 0 Å². The molecule has 46 heavy (non-hydrogen) atoms. The topological polar surface area (TPSA) is 14.2 Å². The van der Waals surface area contributed by atoms with Gasteiger partial charge in [-0.15, -0.1) is 0 Å². The number of hydrogen-bond acceptors (Lipinski definition) is 0. The molecule has 2 heterocycles. The Morgan fingerprint density at radius 3 is 1.54 bits per heavy atom. The molecule has 9 aromatic rings. The van der Waals surface area contributed by atoms with Crippen molar-refractivity contribution in [2.45, 2.75) is 0 Å². The maximum atomic E-state index is 7.67. The van der Waals surface area contributed by atoms with Crippen LogP contribution in [0.5, 0.6) is 0 Å². The molecule has 0 radical (unpaired) electrons. The molecule has 0 fully saturated rings. The number of benzene rings is 7. The molecule has 3 heteroatoms. The average Bonchev–Trinajstić information content (AvgIpc) is 3.64. The Hall–Kier alpha value is -6.37. The fourth-order valence-corrected chi connectivity index (χ4v) is 7.06. The molecule has 0 N–H and O–H groups in total. The van der Waals surface area contributed by atoms with Crippen LogP contribution in [0.4, 0.5) is 5.69 Å². The van der Waals surface area contributed by atoms with Gasteiger partial charge >= 0.3 is 0 Å². The molecular weight excluding hydrogens is 558 g/mol. The minimum absolute atomic E-state index is 0.634. The first-order valence-corrected chi connectivity index (χ1v) is 15.5. The fourth-order valence-electron chi connectivity index (χ4n) is 7.06. The number of fused-ring (bicyclic) bond motifs is 6. The first-order valence-electron chi connectivity index (χ1n) is 15.5. The smallest absolute Gasteiger partial charge is 0.188 e. The van der Waals surface area contributed by atoms with E-state index in [0.717, 1.165) is 33.5 Å². The maximum absolute atomic E-state index is 7.67. The quantitative estimate of drug-likeness (QED) is 0.182. The third-order valence-corrected chi connectivity index (χ3v) is 9.13. The van der Waals surface area contributed by atoms with Crippen molar-refractivity contribution in [3.05, 3.63) is 175 Å². The number of aromatic nitrogens is 2. The highest BCUT2D eigenvalue weighted by Gasteiger charge is 2.18. The van der Waals surface area contributed by atoms with Gasteiger partial charge in [0.15, 0.2) is 5.69 Å². The van der Waals surface area contributed by atoms with Crippen molar-refractivity contribution >= 4 is 49.3 Å². The van der Waals surface area contributed by atoms with Crippen LogP contribution in [0.1, 0.15) is 0 Å². The zero-order chi connectivity index (χ0) is 30.6. The largest absolute Gasteiger partial charge is 0.309 e. The maximum Gasteiger partial charge on any atom is 0.188 e. The first-order chi connectivity index (χ1) is 22.8. The first kappa shape index (κ1) is 26.1. The van der Waals surface area contributed by atoms with Crippen LogP contribution in [0.15, 0.2) is 164 Å². The van der Waals surface area contributed by atoms with Gasteiger partial charge in [-0.05, 0) is 82.9 Å². The van der Waals surface area contributed by atoms with Crippen molar-refractivity contribution in [3.8, 4) is 33.6 Å². The summed E-state index contributed by atoms with van der Waals surface area (Å²) < 4.78 is 4.70. The minimum atomic E-state index is 0.634. The van der Waals surface area contributed by atoms with E-state index in [1.54, 1.807) is 0 Å². The van der Waals surface area contributed by atoms with E-state index in [1.807, 2.05) is 18.2 Å². The zero-order valence-corrected chi connectivity index (χ0v) is 24.9. The van der Waals surface area contributed by atoms with Crippen LogP contribution in [0.2, 0.25) is 0 Å². The van der Waals surface area contributed by atoms with E-state index in [9.17, 15) is 0 Å². The van der Waals surface area contributed by atoms with Gasteiger partial charge in [-0.2, -0.15) is 0 Å². The van der Waals surface area contributed by atoms with Gasteiger partial charge in [-0.25, -0.2) is 4.85 Å². The van der Waals surface area contributed by atoms with Gasteiger partial charge in [0.25, 0.3) is 0 Å². The number of hydrogen-bond donors (Lipinski definition) is 0. The normalized spacial score (nSPS) is 11.5. The van der Waals surface area contributed by atoms with E-state index in [4.69, 9.17) is 6.57 Å². The molecule has 0 atom stereocenters. The van der Waals surface area contributed by atoms with Crippen molar-refractivity contribution in [3.63, 3.8) is 0 Å². The minimum Gasteiger partial charge on any atom is -0.309 e. The molecule has 7 aromatic carbocycles. The van der Waals surface area contributed by atoms with Crippen LogP contribution >= 0.6 is 0 Å². The highest BCUT2D eigenvalue weighted by atomic mass is 15.0. The van der Waals surface area contributed by atoms with E-state index in [-0.39, 0.29) is 0 Å². The third-order valence-electron chi connectivity index (χ3n) is 9.13. The van der Waals surface area contributed by atoms with Crippen LogP contribution in [0.25, 0.3) is 82.1 Å². The lowest BCUT2D eigenvalue weighted by molar-refractivity contribution is 1.18. The molecule has 0 aliphatic heterocycles. The van der Waals surface area contributed by atoms with Gasteiger partial charge in [0.1, 0.15) is 0 Å². The molecule has 0 bridgehead atoms. The number of nitrogens with zero attached hydrogens (tertiary/aromatic N) is 3.